The lowest BCUT2D eigenvalue weighted by Gasteiger charge is -2.28. The molecule has 0 fully saturated rings. The van der Waals surface area contributed by atoms with Crippen molar-refractivity contribution < 1.29 is 4.79 Å². The van der Waals surface area contributed by atoms with Crippen molar-refractivity contribution in [3.05, 3.63) is 48.3 Å². The van der Waals surface area contributed by atoms with Gasteiger partial charge in [-0.25, -0.2) is 0 Å². The van der Waals surface area contributed by atoms with Crippen LogP contribution >= 0.6 is 0 Å². The molecule has 1 aliphatic rings. The first-order chi connectivity index (χ1) is 9.70. The van der Waals surface area contributed by atoms with E-state index in [0.29, 0.717) is 0 Å². The molecule has 5 nitrogen and oxygen atoms in total. The average molecular weight is 264 g/mol. The predicted molar refractivity (Wildman–Crippen MR) is 75.8 cm³/mol. The molecule has 20 heavy (non-hydrogen) atoms. The summed E-state index contributed by atoms with van der Waals surface area (Å²) in [5.41, 5.74) is 7.69. The van der Waals surface area contributed by atoms with Crippen molar-refractivity contribution in [2.75, 3.05) is 11.4 Å². The van der Waals surface area contributed by atoms with Crippen LogP contribution in [-0.4, -0.2) is 17.4 Å². The van der Waals surface area contributed by atoms with E-state index in [4.69, 9.17) is 5.73 Å². The maximum Gasteiger partial charge on any atom is 0.237 e. The highest BCUT2D eigenvalue weighted by atomic mass is 16.1. The number of anilines is 1. The van der Waals surface area contributed by atoms with Gasteiger partial charge in [-0.2, -0.15) is 5.26 Å². The van der Waals surface area contributed by atoms with E-state index >= 15 is 0 Å². The minimum Gasteiger partial charge on any atom is -0.368 e. The van der Waals surface area contributed by atoms with Crippen LogP contribution < -0.4 is 10.6 Å². The summed E-state index contributed by atoms with van der Waals surface area (Å²) in [4.78, 5) is 17.3. The number of hydrogen-bond acceptors (Lipinski definition) is 4. The first-order valence-electron chi connectivity index (χ1n) is 6.21. The second kappa shape index (κ2) is 4.67. The van der Waals surface area contributed by atoms with Crippen molar-refractivity contribution in [1.82, 2.24) is 4.98 Å². The number of benzene rings is 1. The van der Waals surface area contributed by atoms with Gasteiger partial charge in [0.1, 0.15) is 6.54 Å². The monoisotopic (exact) mass is 264 g/mol. The van der Waals surface area contributed by atoms with Crippen molar-refractivity contribution in [2.45, 2.75) is 5.92 Å². The largest absolute Gasteiger partial charge is 0.368 e. The minimum absolute atomic E-state index is 0.0833. The molecule has 2 aromatic rings. The molecule has 1 unspecified atom stereocenters. The summed E-state index contributed by atoms with van der Waals surface area (Å²) in [6.07, 6.45) is 5.20. The molecule has 1 aromatic heterocycles. The number of fused-ring (bicyclic) bond motifs is 3. The quantitative estimate of drug-likeness (QED) is 0.894. The number of carbonyl (C=O) groups excluding carboxylic acids is 1. The summed E-state index contributed by atoms with van der Waals surface area (Å²) >= 11 is 0. The normalized spacial score (nSPS) is 16.8. The number of hydrogen-bond donors (Lipinski definition) is 1. The van der Waals surface area contributed by atoms with Gasteiger partial charge in [-0.05, 0) is 18.2 Å². The Labute approximate surface area is 115 Å². The molecular weight excluding hydrogens is 252 g/mol. The molecule has 0 aliphatic carbocycles. The first-order valence-corrected chi connectivity index (χ1v) is 6.21. The Bertz CT molecular complexity index is 760. The Morgan fingerprint density at radius 1 is 1.45 bits per heavy atom. The number of nitrogens with two attached hydrogens (primary N) is 1. The zero-order valence-electron chi connectivity index (χ0n) is 10.7. The maximum absolute atomic E-state index is 11.2. The van der Waals surface area contributed by atoms with E-state index in [1.807, 2.05) is 24.3 Å². The van der Waals surface area contributed by atoms with Crippen LogP contribution in [0.15, 0.2) is 42.7 Å². The number of allylic oxidation sites excluding steroid dienone is 1. The molecule has 5 heteroatoms. The molecule has 2 heterocycles. The van der Waals surface area contributed by atoms with Crippen LogP contribution in [0.5, 0.6) is 0 Å². The number of aromatic nitrogens is 1. The third-order valence-electron chi connectivity index (χ3n) is 3.33. The highest BCUT2D eigenvalue weighted by Crippen LogP contribution is 2.37. The van der Waals surface area contributed by atoms with Gasteiger partial charge in [-0.3, -0.25) is 9.78 Å². The van der Waals surface area contributed by atoms with Crippen LogP contribution in [0.4, 0.5) is 5.69 Å². The van der Waals surface area contributed by atoms with Crippen molar-refractivity contribution in [1.29, 1.82) is 5.26 Å². The summed E-state index contributed by atoms with van der Waals surface area (Å²) in [6, 6.07) is 9.90. The molecule has 0 saturated heterocycles. The van der Waals surface area contributed by atoms with Gasteiger partial charge in [0.2, 0.25) is 5.91 Å². The summed E-state index contributed by atoms with van der Waals surface area (Å²) in [7, 11) is 0. The molecule has 0 spiro atoms. The molecule has 3 rings (SSSR count). The second-order valence-corrected chi connectivity index (χ2v) is 4.62. The highest BCUT2D eigenvalue weighted by molar-refractivity contribution is 5.91. The van der Waals surface area contributed by atoms with E-state index in [2.05, 4.69) is 11.1 Å². The predicted octanol–water partition coefficient (Wildman–Crippen LogP) is 1.66. The molecule has 98 valence electrons. The molecule has 0 radical (unpaired) electrons. The molecule has 1 amide bonds. The summed E-state index contributed by atoms with van der Waals surface area (Å²) in [5, 5.41) is 10.3. The Morgan fingerprint density at radius 3 is 3.05 bits per heavy atom. The number of amides is 1. The minimum atomic E-state index is -0.419. The lowest BCUT2D eigenvalue weighted by molar-refractivity contribution is -0.116. The van der Waals surface area contributed by atoms with Gasteiger partial charge in [-0.1, -0.05) is 12.1 Å². The summed E-state index contributed by atoms with van der Waals surface area (Å²) < 4.78 is 0. The van der Waals surface area contributed by atoms with Crippen LogP contribution in [0.1, 0.15) is 11.5 Å². The Hall–Kier alpha value is -2.87. The van der Waals surface area contributed by atoms with E-state index in [0.717, 1.165) is 22.2 Å². The van der Waals surface area contributed by atoms with Gasteiger partial charge in [-0.15, -0.1) is 0 Å². The van der Waals surface area contributed by atoms with Gasteiger partial charge < -0.3 is 10.6 Å². The van der Waals surface area contributed by atoms with E-state index in [1.54, 1.807) is 23.4 Å². The zero-order chi connectivity index (χ0) is 14.1. The van der Waals surface area contributed by atoms with Crippen molar-refractivity contribution in [2.24, 2.45) is 5.73 Å². The standard InChI is InChI=1S/C15H12N4O/c16-8-11-5-7-19(9-13(17)20)12-4-3-10-2-1-6-18-15(10)14(11)12/h1-7,11H,9H2,(H2,17,20). The fraction of sp³-hybridized carbons (Fsp3) is 0.133. The number of rotatable bonds is 2. The molecule has 1 aliphatic heterocycles. The first kappa shape index (κ1) is 12.2. The summed E-state index contributed by atoms with van der Waals surface area (Å²) in [5.74, 6) is -0.787. The third-order valence-corrected chi connectivity index (χ3v) is 3.33. The maximum atomic E-state index is 11.2. The lowest BCUT2D eigenvalue weighted by atomic mass is 9.92. The smallest absolute Gasteiger partial charge is 0.237 e. The van der Waals surface area contributed by atoms with Gasteiger partial charge in [0.25, 0.3) is 0 Å². The SMILES string of the molecule is N#CC1C=CN(CC(N)=O)c2ccc3cccnc3c21. The van der Waals surface area contributed by atoms with Gasteiger partial charge in [0, 0.05) is 29.0 Å². The van der Waals surface area contributed by atoms with Crippen LogP contribution in [0, 0.1) is 11.3 Å². The van der Waals surface area contributed by atoms with E-state index in [9.17, 15) is 10.1 Å². The molecule has 0 bridgehead atoms. The van der Waals surface area contributed by atoms with Gasteiger partial charge >= 0.3 is 0 Å². The van der Waals surface area contributed by atoms with Crippen LogP contribution in [0.2, 0.25) is 0 Å². The number of carbonyl (C=O) groups is 1. The third kappa shape index (κ3) is 1.88. The molecule has 1 atom stereocenters. The van der Waals surface area contributed by atoms with E-state index < -0.39 is 5.91 Å². The Morgan fingerprint density at radius 2 is 2.30 bits per heavy atom. The van der Waals surface area contributed by atoms with E-state index in [-0.39, 0.29) is 12.5 Å². The fourth-order valence-corrected chi connectivity index (χ4v) is 2.49. The van der Waals surface area contributed by atoms with Crippen molar-refractivity contribution >= 4 is 22.5 Å². The lowest BCUT2D eigenvalue weighted by Crippen LogP contribution is -2.32. The number of nitrogens with zero attached hydrogens (tertiary/aromatic N) is 3. The molecule has 2 N–H and O–H groups in total. The molecular formula is C15H12N4O. The molecule has 1 aromatic carbocycles. The van der Waals surface area contributed by atoms with Crippen LogP contribution in [0.25, 0.3) is 10.9 Å². The summed E-state index contributed by atoms with van der Waals surface area (Å²) in [6.45, 7) is 0.0833. The van der Waals surface area contributed by atoms with Crippen molar-refractivity contribution in [3.8, 4) is 6.07 Å². The average Bonchev–Trinajstić information content (AvgIpc) is 2.46. The van der Waals surface area contributed by atoms with Gasteiger partial charge in [0.05, 0.1) is 17.5 Å². The van der Waals surface area contributed by atoms with Crippen LogP contribution in [-0.2, 0) is 4.79 Å². The van der Waals surface area contributed by atoms with E-state index in [1.165, 1.54) is 0 Å². The molecule has 0 saturated carbocycles. The zero-order valence-corrected chi connectivity index (χ0v) is 10.7. The Kier molecular flexibility index (Phi) is 2.84. The number of pyridine rings is 1. The number of nitriles is 1. The van der Waals surface area contributed by atoms with Crippen LogP contribution in [0.3, 0.4) is 0 Å². The topological polar surface area (TPSA) is 83.0 Å². The number of primary amides is 1. The second-order valence-electron chi connectivity index (χ2n) is 4.62. The highest BCUT2D eigenvalue weighted by Gasteiger charge is 2.24. The van der Waals surface area contributed by atoms with Gasteiger partial charge in [0.15, 0.2) is 0 Å². The van der Waals surface area contributed by atoms with Crippen molar-refractivity contribution in [3.63, 3.8) is 0 Å². The Balaban J connectivity index is 2.24. The fourth-order valence-electron chi connectivity index (χ4n) is 2.49.